The molecule has 1 fully saturated rings. The van der Waals surface area contributed by atoms with Crippen molar-refractivity contribution in [1.29, 1.82) is 0 Å². The van der Waals surface area contributed by atoms with Gasteiger partial charge in [-0.25, -0.2) is 0 Å². The molecule has 0 aliphatic carbocycles. The minimum Gasteiger partial charge on any atom is -0.490 e. The highest BCUT2D eigenvalue weighted by Crippen LogP contribution is 2.30. The predicted octanol–water partition coefficient (Wildman–Crippen LogP) is 4.52. The van der Waals surface area contributed by atoms with Crippen LogP contribution in [0.5, 0.6) is 5.75 Å². The first kappa shape index (κ1) is 24.1. The van der Waals surface area contributed by atoms with Crippen LogP contribution < -0.4 is 10.1 Å². The van der Waals surface area contributed by atoms with Crippen LogP contribution in [-0.2, 0) is 17.5 Å². The van der Waals surface area contributed by atoms with Crippen molar-refractivity contribution in [3.8, 4) is 5.75 Å². The smallest absolute Gasteiger partial charge is 0.416 e. The molecule has 1 amide bonds. The fraction of sp³-hybridized carbons (Fsp3) is 0.458. The summed E-state index contributed by atoms with van der Waals surface area (Å²) in [5.41, 5.74) is 0.495. The Kier molecular flexibility index (Phi) is 8.53. The predicted molar refractivity (Wildman–Crippen MR) is 116 cm³/mol. The minimum absolute atomic E-state index is 0.0109. The summed E-state index contributed by atoms with van der Waals surface area (Å²) < 4.78 is 49.7. The molecule has 0 bridgehead atoms. The van der Waals surface area contributed by atoms with Crippen LogP contribution in [0.3, 0.4) is 0 Å². The van der Waals surface area contributed by atoms with Gasteiger partial charge in [0.25, 0.3) is 5.91 Å². The Hall–Kier alpha value is -2.58. The summed E-state index contributed by atoms with van der Waals surface area (Å²) in [4.78, 5) is 14.9. The van der Waals surface area contributed by atoms with E-state index in [0.29, 0.717) is 56.3 Å². The summed E-state index contributed by atoms with van der Waals surface area (Å²) in [6, 6.07) is 12.6. The SMILES string of the molecule is CCOCCOc1ccccc1C(=O)NC1CCN(Cc2cccc(C(F)(F)F)c2)CC1. The number of hydrogen-bond acceptors (Lipinski definition) is 4. The molecule has 2 aromatic rings. The molecule has 0 aromatic heterocycles. The number of piperidine rings is 1. The molecule has 2 aromatic carbocycles. The van der Waals surface area contributed by atoms with E-state index in [1.54, 1.807) is 24.3 Å². The van der Waals surface area contributed by atoms with Crippen molar-refractivity contribution in [3.05, 3.63) is 65.2 Å². The lowest BCUT2D eigenvalue weighted by molar-refractivity contribution is -0.137. The molecular formula is C24H29F3N2O3. The first-order valence-electron chi connectivity index (χ1n) is 10.9. The van der Waals surface area contributed by atoms with Crippen LogP contribution in [0.2, 0.25) is 0 Å². The van der Waals surface area contributed by atoms with E-state index in [-0.39, 0.29) is 11.9 Å². The second kappa shape index (κ2) is 11.3. The maximum Gasteiger partial charge on any atom is 0.416 e. The Bertz CT molecular complexity index is 881. The third kappa shape index (κ3) is 6.97. The maximum absolute atomic E-state index is 12.9. The van der Waals surface area contributed by atoms with Crippen LogP contribution in [0.4, 0.5) is 13.2 Å². The number of alkyl halides is 3. The van der Waals surface area contributed by atoms with Crippen molar-refractivity contribution < 1.29 is 27.4 Å². The monoisotopic (exact) mass is 450 g/mol. The Balaban J connectivity index is 1.50. The summed E-state index contributed by atoms with van der Waals surface area (Å²) in [6.07, 6.45) is -2.87. The van der Waals surface area contributed by atoms with Crippen LogP contribution in [0.25, 0.3) is 0 Å². The standard InChI is InChI=1S/C24H29F3N2O3/c1-2-31-14-15-32-22-9-4-3-8-21(22)23(30)28-20-10-12-29(13-11-20)17-18-6-5-7-19(16-18)24(25,26)27/h3-9,16,20H,2,10-15,17H2,1H3,(H,28,30). The van der Waals surface area contributed by atoms with Crippen molar-refractivity contribution in [3.63, 3.8) is 0 Å². The van der Waals surface area contributed by atoms with Gasteiger partial charge in [-0.1, -0.05) is 30.3 Å². The number of nitrogens with zero attached hydrogens (tertiary/aromatic N) is 1. The molecule has 32 heavy (non-hydrogen) atoms. The van der Waals surface area contributed by atoms with Gasteiger partial charge in [-0.05, 0) is 43.5 Å². The van der Waals surface area contributed by atoms with Gasteiger partial charge < -0.3 is 14.8 Å². The number of amides is 1. The molecule has 0 radical (unpaired) electrons. The van der Waals surface area contributed by atoms with Gasteiger partial charge in [-0.15, -0.1) is 0 Å². The lowest BCUT2D eigenvalue weighted by atomic mass is 10.0. The summed E-state index contributed by atoms with van der Waals surface area (Å²) in [6.45, 7) is 5.20. The fourth-order valence-electron chi connectivity index (χ4n) is 3.74. The Morgan fingerprint density at radius 2 is 1.84 bits per heavy atom. The van der Waals surface area contributed by atoms with Crippen molar-refractivity contribution in [1.82, 2.24) is 10.2 Å². The molecule has 8 heteroatoms. The van der Waals surface area contributed by atoms with Crippen LogP contribution in [0, 0.1) is 0 Å². The maximum atomic E-state index is 12.9. The molecule has 0 unspecified atom stereocenters. The van der Waals surface area contributed by atoms with E-state index in [0.717, 1.165) is 18.9 Å². The van der Waals surface area contributed by atoms with E-state index in [1.807, 2.05) is 13.0 Å². The highest BCUT2D eigenvalue weighted by atomic mass is 19.4. The molecule has 0 saturated carbocycles. The van der Waals surface area contributed by atoms with Crippen LogP contribution in [0.1, 0.15) is 41.3 Å². The van der Waals surface area contributed by atoms with E-state index in [2.05, 4.69) is 10.2 Å². The van der Waals surface area contributed by atoms with Crippen LogP contribution in [0.15, 0.2) is 48.5 Å². The fourth-order valence-corrected chi connectivity index (χ4v) is 3.74. The van der Waals surface area contributed by atoms with Crippen molar-refractivity contribution in [2.24, 2.45) is 0 Å². The Labute approximate surface area is 186 Å². The second-order valence-corrected chi connectivity index (χ2v) is 7.76. The molecule has 174 valence electrons. The third-order valence-electron chi connectivity index (χ3n) is 5.40. The van der Waals surface area contributed by atoms with E-state index in [9.17, 15) is 18.0 Å². The number of ether oxygens (including phenoxy) is 2. The van der Waals surface area contributed by atoms with Gasteiger partial charge in [0, 0.05) is 32.3 Å². The zero-order chi connectivity index (χ0) is 23.0. The highest BCUT2D eigenvalue weighted by molar-refractivity contribution is 5.97. The van der Waals surface area contributed by atoms with Gasteiger partial charge in [0.05, 0.1) is 17.7 Å². The molecule has 1 aliphatic heterocycles. The third-order valence-corrected chi connectivity index (χ3v) is 5.40. The average molecular weight is 451 g/mol. The van der Waals surface area contributed by atoms with Gasteiger partial charge in [-0.2, -0.15) is 13.2 Å². The summed E-state index contributed by atoms with van der Waals surface area (Å²) >= 11 is 0. The molecule has 1 heterocycles. The quantitative estimate of drug-likeness (QED) is 0.571. The molecule has 0 spiro atoms. The number of carbonyl (C=O) groups is 1. The number of likely N-dealkylation sites (tertiary alicyclic amines) is 1. The van der Waals surface area contributed by atoms with E-state index >= 15 is 0 Å². The Morgan fingerprint density at radius 3 is 2.56 bits per heavy atom. The van der Waals surface area contributed by atoms with Crippen LogP contribution in [-0.4, -0.2) is 49.8 Å². The summed E-state index contributed by atoms with van der Waals surface area (Å²) in [5.74, 6) is 0.333. The molecule has 1 aliphatic rings. The minimum atomic E-state index is -4.34. The lowest BCUT2D eigenvalue weighted by Crippen LogP contribution is -2.44. The highest BCUT2D eigenvalue weighted by Gasteiger charge is 2.30. The summed E-state index contributed by atoms with van der Waals surface area (Å²) in [5, 5.41) is 3.06. The molecule has 1 N–H and O–H groups in total. The van der Waals surface area contributed by atoms with Gasteiger partial charge in [0.15, 0.2) is 0 Å². The molecular weight excluding hydrogens is 421 g/mol. The second-order valence-electron chi connectivity index (χ2n) is 7.76. The van der Waals surface area contributed by atoms with Gasteiger partial charge in [0.2, 0.25) is 0 Å². The number of halogens is 3. The summed E-state index contributed by atoms with van der Waals surface area (Å²) in [7, 11) is 0. The van der Waals surface area contributed by atoms with Crippen molar-refractivity contribution >= 4 is 5.91 Å². The molecule has 3 rings (SSSR count). The number of benzene rings is 2. The number of rotatable bonds is 9. The Morgan fingerprint density at radius 1 is 1.09 bits per heavy atom. The number of hydrogen-bond donors (Lipinski definition) is 1. The van der Waals surface area contributed by atoms with E-state index in [1.165, 1.54) is 12.1 Å². The lowest BCUT2D eigenvalue weighted by Gasteiger charge is -2.32. The number of carbonyl (C=O) groups excluding carboxylic acids is 1. The number of para-hydroxylation sites is 1. The van der Waals surface area contributed by atoms with Gasteiger partial charge >= 0.3 is 6.18 Å². The van der Waals surface area contributed by atoms with E-state index < -0.39 is 11.7 Å². The topological polar surface area (TPSA) is 50.8 Å². The molecule has 0 atom stereocenters. The van der Waals surface area contributed by atoms with Crippen molar-refractivity contribution in [2.45, 2.75) is 38.5 Å². The largest absolute Gasteiger partial charge is 0.490 e. The van der Waals surface area contributed by atoms with Gasteiger partial charge in [-0.3, -0.25) is 9.69 Å². The zero-order valence-electron chi connectivity index (χ0n) is 18.2. The molecule has 1 saturated heterocycles. The molecule has 5 nitrogen and oxygen atoms in total. The van der Waals surface area contributed by atoms with Crippen molar-refractivity contribution in [2.75, 3.05) is 32.9 Å². The van der Waals surface area contributed by atoms with E-state index in [4.69, 9.17) is 9.47 Å². The first-order chi connectivity index (χ1) is 15.4. The van der Waals surface area contributed by atoms with Gasteiger partial charge in [0.1, 0.15) is 12.4 Å². The van der Waals surface area contributed by atoms with Crippen LogP contribution >= 0.6 is 0 Å². The zero-order valence-corrected chi connectivity index (χ0v) is 18.2. The first-order valence-corrected chi connectivity index (χ1v) is 10.9. The number of nitrogens with one attached hydrogen (secondary N) is 1. The normalized spacial score (nSPS) is 15.5. The average Bonchev–Trinajstić information content (AvgIpc) is 2.78.